The SMILES string of the molecule is O=S(=O)(c1c(Cl)nc2sccn12)n1ncc2ncc(-c3cnn(C4CCNCC4)c3)cc21. The number of piperidine rings is 1. The topological polar surface area (TPSA) is 112 Å². The van der Waals surface area contributed by atoms with Crippen molar-refractivity contribution in [3.8, 4) is 11.1 Å². The lowest BCUT2D eigenvalue weighted by molar-refractivity contribution is 0.343. The lowest BCUT2D eigenvalue weighted by Gasteiger charge is -2.22. The van der Waals surface area contributed by atoms with Gasteiger partial charge in [-0.25, -0.2) is 4.98 Å². The van der Waals surface area contributed by atoms with E-state index in [1.54, 1.807) is 30.0 Å². The fourth-order valence-electron chi connectivity index (χ4n) is 4.04. The Morgan fingerprint density at radius 3 is 2.81 bits per heavy atom. The third-order valence-corrected chi connectivity index (χ3v) is 8.41. The molecule has 10 nitrogen and oxygen atoms in total. The third kappa shape index (κ3) is 3.05. The minimum absolute atomic E-state index is 0.0899. The molecule has 164 valence electrons. The second-order valence-electron chi connectivity index (χ2n) is 7.57. The second kappa shape index (κ2) is 7.37. The quantitative estimate of drug-likeness (QED) is 0.414. The number of halogens is 1. The normalized spacial score (nSPS) is 15.8. The molecule has 6 rings (SSSR count). The van der Waals surface area contributed by atoms with E-state index in [0.717, 1.165) is 41.1 Å². The van der Waals surface area contributed by atoms with Gasteiger partial charge in [0.1, 0.15) is 11.0 Å². The molecule has 0 aromatic carbocycles. The maximum absolute atomic E-state index is 13.5. The van der Waals surface area contributed by atoms with Gasteiger partial charge in [-0.3, -0.25) is 14.1 Å². The minimum atomic E-state index is -4.10. The Hall–Kier alpha value is -2.80. The van der Waals surface area contributed by atoms with E-state index in [0.29, 0.717) is 22.0 Å². The fraction of sp³-hybridized carbons (Fsp3) is 0.263. The molecule has 5 aromatic heterocycles. The van der Waals surface area contributed by atoms with Gasteiger partial charge in [0.15, 0.2) is 10.1 Å². The zero-order chi connectivity index (χ0) is 21.9. The van der Waals surface area contributed by atoms with E-state index in [1.165, 1.54) is 21.9 Å². The van der Waals surface area contributed by atoms with Crippen LogP contribution in [0, 0.1) is 0 Å². The van der Waals surface area contributed by atoms with E-state index in [-0.39, 0.29) is 10.2 Å². The molecule has 1 aliphatic rings. The van der Waals surface area contributed by atoms with Crippen LogP contribution in [0.3, 0.4) is 0 Å². The number of nitrogens with zero attached hydrogens (tertiary/aromatic N) is 7. The number of pyridine rings is 1. The Labute approximate surface area is 191 Å². The summed E-state index contributed by atoms with van der Waals surface area (Å²) in [6.07, 6.45) is 10.6. The van der Waals surface area contributed by atoms with Gasteiger partial charge in [-0.1, -0.05) is 11.6 Å². The highest BCUT2D eigenvalue weighted by Crippen LogP contribution is 2.30. The molecule has 0 radical (unpaired) electrons. The molecule has 0 spiro atoms. The molecule has 32 heavy (non-hydrogen) atoms. The zero-order valence-corrected chi connectivity index (χ0v) is 19.0. The van der Waals surface area contributed by atoms with E-state index in [9.17, 15) is 8.42 Å². The summed E-state index contributed by atoms with van der Waals surface area (Å²) in [5, 5.41) is 13.5. The first-order valence-corrected chi connectivity index (χ1v) is 12.7. The first-order valence-electron chi connectivity index (χ1n) is 9.98. The lowest BCUT2D eigenvalue weighted by Crippen LogP contribution is -2.29. The van der Waals surface area contributed by atoms with Gasteiger partial charge in [0.2, 0.25) is 5.03 Å². The largest absolute Gasteiger partial charge is 0.317 e. The van der Waals surface area contributed by atoms with Gasteiger partial charge in [-0.2, -0.15) is 22.7 Å². The van der Waals surface area contributed by atoms with Crippen molar-refractivity contribution in [2.24, 2.45) is 0 Å². The summed E-state index contributed by atoms with van der Waals surface area (Å²) in [4.78, 5) is 9.05. The molecule has 0 amide bonds. The summed E-state index contributed by atoms with van der Waals surface area (Å²) in [6, 6.07) is 2.11. The maximum atomic E-state index is 13.5. The van der Waals surface area contributed by atoms with Gasteiger partial charge in [0, 0.05) is 35.1 Å². The van der Waals surface area contributed by atoms with Crippen molar-refractivity contribution < 1.29 is 8.42 Å². The highest BCUT2D eigenvalue weighted by atomic mass is 35.5. The Morgan fingerprint density at radius 2 is 1.97 bits per heavy atom. The molecular formula is C19H17ClN8O2S2. The second-order valence-corrected chi connectivity index (χ2v) is 10.5. The molecule has 0 bridgehead atoms. The van der Waals surface area contributed by atoms with Crippen LogP contribution in [0.2, 0.25) is 5.15 Å². The Morgan fingerprint density at radius 1 is 1.12 bits per heavy atom. The average molecular weight is 489 g/mol. The molecular weight excluding hydrogens is 472 g/mol. The Balaban J connectivity index is 1.44. The van der Waals surface area contributed by atoms with Crippen molar-refractivity contribution in [1.29, 1.82) is 0 Å². The van der Waals surface area contributed by atoms with E-state index in [4.69, 9.17) is 11.6 Å². The monoisotopic (exact) mass is 488 g/mol. The van der Waals surface area contributed by atoms with Gasteiger partial charge in [-0.15, -0.1) is 11.3 Å². The molecule has 13 heteroatoms. The first kappa shape index (κ1) is 19.9. The molecule has 1 aliphatic heterocycles. The van der Waals surface area contributed by atoms with Gasteiger partial charge in [-0.05, 0) is 32.0 Å². The Kier molecular flexibility index (Phi) is 4.57. The van der Waals surface area contributed by atoms with Crippen molar-refractivity contribution >= 4 is 49.0 Å². The maximum Gasteiger partial charge on any atom is 0.302 e. The van der Waals surface area contributed by atoms with E-state index in [1.807, 2.05) is 10.9 Å². The van der Waals surface area contributed by atoms with Crippen molar-refractivity contribution in [2.45, 2.75) is 23.9 Å². The minimum Gasteiger partial charge on any atom is -0.317 e. The summed E-state index contributed by atoms with van der Waals surface area (Å²) >= 11 is 7.49. The van der Waals surface area contributed by atoms with Crippen molar-refractivity contribution in [1.82, 2.24) is 38.7 Å². The van der Waals surface area contributed by atoms with Crippen molar-refractivity contribution in [2.75, 3.05) is 13.1 Å². The lowest BCUT2D eigenvalue weighted by atomic mass is 10.1. The van der Waals surface area contributed by atoms with Gasteiger partial charge in [0.05, 0.1) is 18.4 Å². The molecule has 5 aromatic rings. The van der Waals surface area contributed by atoms with Gasteiger partial charge >= 0.3 is 10.0 Å². The highest BCUT2D eigenvalue weighted by molar-refractivity contribution is 7.90. The van der Waals surface area contributed by atoms with Crippen molar-refractivity contribution in [3.63, 3.8) is 0 Å². The number of nitrogens with one attached hydrogen (secondary N) is 1. The number of hydrogen-bond acceptors (Lipinski definition) is 8. The number of fused-ring (bicyclic) bond motifs is 2. The van der Waals surface area contributed by atoms with Crippen LogP contribution in [-0.2, 0) is 10.0 Å². The highest BCUT2D eigenvalue weighted by Gasteiger charge is 2.29. The summed E-state index contributed by atoms with van der Waals surface area (Å²) in [5.74, 6) is 0. The number of rotatable bonds is 4. The number of hydrogen-bond donors (Lipinski definition) is 1. The van der Waals surface area contributed by atoms with E-state index in [2.05, 4.69) is 25.5 Å². The number of thiazole rings is 1. The van der Waals surface area contributed by atoms with Crippen LogP contribution in [0.5, 0.6) is 0 Å². The summed E-state index contributed by atoms with van der Waals surface area (Å²) < 4.78 is 31.3. The standard InChI is InChI=1S/C19H17ClN8O2S2/c20-17-18(26-5-6-31-19(26)25-17)32(29,30)28-16-7-12(8-22-15(16)10-24-28)13-9-23-27(11-13)14-1-3-21-4-2-14/h5-11,14,21H,1-4H2. The van der Waals surface area contributed by atoms with Crippen LogP contribution >= 0.6 is 22.9 Å². The van der Waals surface area contributed by atoms with Crippen LogP contribution in [0.15, 0.2) is 47.5 Å². The average Bonchev–Trinajstić information content (AvgIpc) is 3.56. The molecule has 1 N–H and O–H groups in total. The predicted molar refractivity (Wildman–Crippen MR) is 121 cm³/mol. The summed E-state index contributed by atoms with van der Waals surface area (Å²) in [5.41, 5.74) is 2.45. The molecule has 0 aliphatic carbocycles. The fourth-order valence-corrected chi connectivity index (χ4v) is 6.72. The third-order valence-electron chi connectivity index (χ3n) is 5.66. The van der Waals surface area contributed by atoms with Crippen LogP contribution in [0.4, 0.5) is 0 Å². The molecule has 0 unspecified atom stereocenters. The molecule has 0 saturated carbocycles. The van der Waals surface area contributed by atoms with Crippen LogP contribution in [0.25, 0.3) is 27.1 Å². The number of imidazole rings is 1. The van der Waals surface area contributed by atoms with Crippen LogP contribution < -0.4 is 5.32 Å². The Bertz CT molecular complexity index is 1560. The van der Waals surface area contributed by atoms with Gasteiger partial charge < -0.3 is 5.32 Å². The number of aromatic nitrogens is 7. The van der Waals surface area contributed by atoms with Crippen molar-refractivity contribution in [3.05, 3.63) is 47.6 Å². The zero-order valence-electron chi connectivity index (χ0n) is 16.6. The molecule has 0 atom stereocenters. The summed E-state index contributed by atoms with van der Waals surface area (Å²) in [7, 11) is -4.10. The van der Waals surface area contributed by atoms with Gasteiger partial charge in [0.25, 0.3) is 0 Å². The van der Waals surface area contributed by atoms with E-state index < -0.39 is 10.0 Å². The van der Waals surface area contributed by atoms with E-state index >= 15 is 0 Å². The predicted octanol–water partition coefficient (Wildman–Crippen LogP) is 2.82. The molecule has 1 fully saturated rings. The first-order chi connectivity index (χ1) is 15.5. The molecule has 6 heterocycles. The summed E-state index contributed by atoms with van der Waals surface area (Å²) in [6.45, 7) is 1.94. The smallest absolute Gasteiger partial charge is 0.302 e. The van der Waals surface area contributed by atoms with Crippen LogP contribution in [-0.4, -0.2) is 54.8 Å². The molecule has 1 saturated heterocycles. The van der Waals surface area contributed by atoms with Crippen LogP contribution in [0.1, 0.15) is 18.9 Å².